The van der Waals surface area contributed by atoms with Crippen LogP contribution in [0.15, 0.2) is 42.5 Å². The zero-order valence-electron chi connectivity index (χ0n) is 13.4. The minimum absolute atomic E-state index is 0.0983. The van der Waals surface area contributed by atoms with E-state index in [1.54, 1.807) is 6.07 Å². The highest BCUT2D eigenvalue weighted by Crippen LogP contribution is 2.24. The number of halogens is 3. The largest absolute Gasteiger partial charge is 0.456 e. The number of ketones is 1. The van der Waals surface area contributed by atoms with E-state index >= 15 is 0 Å². The summed E-state index contributed by atoms with van der Waals surface area (Å²) in [6, 6.07) is 9.55. The van der Waals surface area contributed by atoms with Crippen molar-refractivity contribution in [1.29, 1.82) is 0 Å². The lowest BCUT2D eigenvalue weighted by molar-refractivity contribution is -0.147. The molecule has 0 aliphatic rings. The van der Waals surface area contributed by atoms with Gasteiger partial charge in [-0.3, -0.25) is 14.4 Å². The van der Waals surface area contributed by atoms with Gasteiger partial charge in [0.25, 0.3) is 5.91 Å². The van der Waals surface area contributed by atoms with Crippen molar-refractivity contribution in [1.82, 2.24) is 0 Å². The van der Waals surface area contributed by atoms with Crippen LogP contribution >= 0.6 is 23.2 Å². The van der Waals surface area contributed by atoms with E-state index in [0.29, 0.717) is 16.3 Å². The first-order valence-electron chi connectivity index (χ1n) is 7.54. The lowest BCUT2D eigenvalue weighted by Gasteiger charge is -2.07. The first-order chi connectivity index (χ1) is 12.3. The number of nitrogens with one attached hydrogen (secondary N) is 1. The Morgan fingerprint density at radius 2 is 1.65 bits per heavy atom. The summed E-state index contributed by atoms with van der Waals surface area (Å²) in [5.41, 5.74) is 0.712. The standard InChI is InChI=1S/C18H14Cl2FNO4/c19-14-6-5-13(9-15(14)20)22-17(24)10-26-18(25)8-7-16(23)11-1-3-12(21)4-2-11/h1-6,9H,7-8,10H2,(H,22,24). The Balaban J connectivity index is 1.73. The molecule has 0 aliphatic heterocycles. The molecule has 2 aromatic carbocycles. The molecule has 5 nitrogen and oxygen atoms in total. The molecular weight excluding hydrogens is 384 g/mol. The van der Waals surface area contributed by atoms with Gasteiger partial charge in [-0.1, -0.05) is 23.2 Å². The summed E-state index contributed by atoms with van der Waals surface area (Å²) in [7, 11) is 0. The van der Waals surface area contributed by atoms with Gasteiger partial charge >= 0.3 is 5.97 Å². The van der Waals surface area contributed by atoms with Gasteiger partial charge in [0.2, 0.25) is 0 Å². The van der Waals surface area contributed by atoms with E-state index in [1.165, 1.54) is 36.4 Å². The van der Waals surface area contributed by atoms with Gasteiger partial charge in [-0.2, -0.15) is 0 Å². The number of benzene rings is 2. The van der Waals surface area contributed by atoms with E-state index in [9.17, 15) is 18.8 Å². The fourth-order valence-corrected chi connectivity index (χ4v) is 2.28. The van der Waals surface area contributed by atoms with Gasteiger partial charge in [0.15, 0.2) is 12.4 Å². The van der Waals surface area contributed by atoms with E-state index in [1.807, 2.05) is 0 Å². The van der Waals surface area contributed by atoms with Crippen molar-refractivity contribution in [3.63, 3.8) is 0 Å². The van der Waals surface area contributed by atoms with Crippen LogP contribution in [0.2, 0.25) is 10.0 Å². The number of hydrogen-bond acceptors (Lipinski definition) is 4. The molecule has 0 fully saturated rings. The van der Waals surface area contributed by atoms with Crippen molar-refractivity contribution >= 4 is 46.5 Å². The van der Waals surface area contributed by atoms with Crippen LogP contribution in [-0.2, 0) is 14.3 Å². The molecule has 0 saturated heterocycles. The number of carbonyl (C=O) groups excluding carboxylic acids is 3. The van der Waals surface area contributed by atoms with Crippen LogP contribution in [0.4, 0.5) is 10.1 Å². The van der Waals surface area contributed by atoms with Crippen molar-refractivity contribution < 1.29 is 23.5 Å². The molecule has 0 unspecified atom stereocenters. The van der Waals surface area contributed by atoms with Gasteiger partial charge in [-0.25, -0.2) is 4.39 Å². The van der Waals surface area contributed by atoms with E-state index in [2.05, 4.69) is 5.32 Å². The molecule has 0 saturated carbocycles. The molecule has 0 aromatic heterocycles. The lowest BCUT2D eigenvalue weighted by atomic mass is 10.1. The summed E-state index contributed by atoms with van der Waals surface area (Å²) in [4.78, 5) is 35.2. The highest BCUT2D eigenvalue weighted by Gasteiger charge is 2.12. The van der Waals surface area contributed by atoms with Crippen LogP contribution in [0.3, 0.4) is 0 Å². The van der Waals surface area contributed by atoms with Gasteiger partial charge < -0.3 is 10.1 Å². The quantitative estimate of drug-likeness (QED) is 0.558. The number of rotatable bonds is 7. The van der Waals surface area contributed by atoms with Gasteiger partial charge in [0.1, 0.15) is 5.82 Å². The van der Waals surface area contributed by atoms with Gasteiger partial charge in [0, 0.05) is 17.7 Å². The summed E-state index contributed by atoms with van der Waals surface area (Å²) in [5, 5.41) is 3.13. The van der Waals surface area contributed by atoms with Crippen molar-refractivity contribution in [3.05, 3.63) is 63.9 Å². The second-order valence-electron chi connectivity index (χ2n) is 5.27. The first-order valence-corrected chi connectivity index (χ1v) is 8.30. The number of ether oxygens (including phenoxy) is 1. The summed E-state index contributed by atoms with van der Waals surface area (Å²) in [6.45, 7) is -0.496. The second kappa shape index (κ2) is 9.31. The zero-order valence-corrected chi connectivity index (χ0v) is 14.9. The number of anilines is 1. The number of carbonyl (C=O) groups is 3. The van der Waals surface area contributed by atoms with Crippen molar-refractivity contribution in [2.24, 2.45) is 0 Å². The molecular formula is C18H14Cl2FNO4. The van der Waals surface area contributed by atoms with E-state index in [-0.39, 0.29) is 23.6 Å². The fourth-order valence-electron chi connectivity index (χ4n) is 1.98. The number of esters is 1. The second-order valence-corrected chi connectivity index (χ2v) is 6.08. The van der Waals surface area contributed by atoms with Crippen molar-refractivity contribution in [2.45, 2.75) is 12.8 Å². The Morgan fingerprint density at radius 1 is 0.962 bits per heavy atom. The minimum Gasteiger partial charge on any atom is -0.456 e. The number of Topliss-reactive ketones (excluding diaryl/α,β-unsaturated/α-hetero) is 1. The van der Waals surface area contributed by atoms with Gasteiger partial charge in [0.05, 0.1) is 16.5 Å². The average Bonchev–Trinajstić information content (AvgIpc) is 2.61. The third-order valence-corrected chi connectivity index (χ3v) is 4.03. The molecule has 0 aliphatic carbocycles. The lowest BCUT2D eigenvalue weighted by Crippen LogP contribution is -2.21. The molecule has 0 bridgehead atoms. The molecule has 2 aromatic rings. The third-order valence-electron chi connectivity index (χ3n) is 3.29. The third kappa shape index (κ3) is 6.13. The maximum absolute atomic E-state index is 12.8. The fraction of sp³-hybridized carbons (Fsp3) is 0.167. The van der Waals surface area contributed by atoms with Crippen LogP contribution in [0.25, 0.3) is 0 Å². The minimum atomic E-state index is -0.690. The molecule has 0 spiro atoms. The van der Waals surface area contributed by atoms with Crippen LogP contribution in [-0.4, -0.2) is 24.3 Å². The molecule has 136 valence electrons. The van der Waals surface area contributed by atoms with E-state index in [4.69, 9.17) is 27.9 Å². The molecule has 0 heterocycles. The van der Waals surface area contributed by atoms with Crippen LogP contribution in [0.1, 0.15) is 23.2 Å². The summed E-state index contributed by atoms with van der Waals surface area (Å²) >= 11 is 11.6. The van der Waals surface area contributed by atoms with Crippen LogP contribution < -0.4 is 5.32 Å². The molecule has 0 atom stereocenters. The Morgan fingerprint density at radius 3 is 2.31 bits per heavy atom. The zero-order chi connectivity index (χ0) is 19.1. The highest BCUT2D eigenvalue weighted by atomic mass is 35.5. The van der Waals surface area contributed by atoms with E-state index < -0.39 is 24.3 Å². The van der Waals surface area contributed by atoms with Crippen molar-refractivity contribution in [3.8, 4) is 0 Å². The van der Waals surface area contributed by atoms with Crippen LogP contribution in [0, 0.1) is 5.82 Å². The van der Waals surface area contributed by atoms with Crippen molar-refractivity contribution in [2.75, 3.05) is 11.9 Å². The number of amides is 1. The smallest absolute Gasteiger partial charge is 0.306 e. The normalized spacial score (nSPS) is 10.3. The van der Waals surface area contributed by atoms with Gasteiger partial charge in [-0.15, -0.1) is 0 Å². The summed E-state index contributed by atoms with van der Waals surface area (Å²) < 4.78 is 17.6. The maximum Gasteiger partial charge on any atom is 0.306 e. The molecule has 8 heteroatoms. The molecule has 26 heavy (non-hydrogen) atoms. The molecule has 1 amide bonds. The first kappa shape index (κ1) is 19.9. The predicted octanol–water partition coefficient (Wildman–Crippen LogP) is 4.28. The Kier molecular flexibility index (Phi) is 7.12. The van der Waals surface area contributed by atoms with Crippen LogP contribution in [0.5, 0.6) is 0 Å². The predicted molar refractivity (Wildman–Crippen MR) is 96.0 cm³/mol. The highest BCUT2D eigenvalue weighted by molar-refractivity contribution is 6.42. The number of hydrogen-bond donors (Lipinski definition) is 1. The Bertz CT molecular complexity index is 824. The Labute approximate surface area is 159 Å². The summed E-state index contributed by atoms with van der Waals surface area (Å²) in [6.07, 6.45) is -0.283. The Hall–Kier alpha value is -2.44. The van der Waals surface area contributed by atoms with Gasteiger partial charge in [-0.05, 0) is 42.5 Å². The molecule has 0 radical (unpaired) electrons. The average molecular weight is 398 g/mol. The topological polar surface area (TPSA) is 72.5 Å². The maximum atomic E-state index is 12.8. The SMILES string of the molecule is O=C(COC(=O)CCC(=O)c1ccc(F)cc1)Nc1ccc(Cl)c(Cl)c1. The summed E-state index contributed by atoms with van der Waals surface area (Å²) in [5.74, 6) is -2.01. The molecule has 2 rings (SSSR count). The van der Waals surface area contributed by atoms with E-state index in [0.717, 1.165) is 0 Å². The molecule has 1 N–H and O–H groups in total. The monoisotopic (exact) mass is 397 g/mol.